The van der Waals surface area contributed by atoms with Gasteiger partial charge in [-0.1, -0.05) is 25.9 Å². The largest absolute Gasteiger partial charge is 0.370 e. The molecule has 0 saturated heterocycles. The topological polar surface area (TPSA) is 60.2 Å². The van der Waals surface area contributed by atoms with Gasteiger partial charge in [0.05, 0.1) is 0 Å². The van der Waals surface area contributed by atoms with Crippen molar-refractivity contribution < 1.29 is 9.26 Å². The fourth-order valence-electron chi connectivity index (χ4n) is 1.87. The van der Waals surface area contributed by atoms with Gasteiger partial charge in [0.25, 0.3) is 0 Å². The monoisotopic (exact) mass is 255 g/mol. The second-order valence-corrected chi connectivity index (χ2v) is 4.76. The number of ether oxygens (including phenoxy) is 1. The van der Waals surface area contributed by atoms with Crippen LogP contribution in [0.25, 0.3) is 0 Å². The van der Waals surface area contributed by atoms with E-state index in [1.807, 2.05) is 14.0 Å². The van der Waals surface area contributed by atoms with Gasteiger partial charge in [-0.15, -0.1) is 0 Å². The van der Waals surface area contributed by atoms with E-state index < -0.39 is 0 Å². The van der Waals surface area contributed by atoms with Crippen LogP contribution in [0, 0.1) is 5.92 Å². The molecule has 0 fully saturated rings. The van der Waals surface area contributed by atoms with E-state index >= 15 is 0 Å². The normalized spacial score (nSPS) is 15.0. The van der Waals surface area contributed by atoms with Crippen molar-refractivity contribution in [1.82, 2.24) is 15.5 Å². The zero-order chi connectivity index (χ0) is 13.5. The van der Waals surface area contributed by atoms with Crippen molar-refractivity contribution in [2.45, 2.75) is 52.7 Å². The fourth-order valence-corrected chi connectivity index (χ4v) is 1.87. The Bertz CT molecular complexity index is 335. The summed E-state index contributed by atoms with van der Waals surface area (Å²) in [5, 5.41) is 7.27. The molecule has 1 aromatic rings. The van der Waals surface area contributed by atoms with E-state index in [1.54, 1.807) is 0 Å². The maximum Gasteiger partial charge on any atom is 0.228 e. The zero-order valence-electron chi connectivity index (χ0n) is 12.1. The predicted octanol–water partition coefficient (Wildman–Crippen LogP) is 2.34. The molecular weight excluding hydrogens is 230 g/mol. The highest BCUT2D eigenvalue weighted by Crippen LogP contribution is 2.23. The molecule has 1 N–H and O–H groups in total. The maximum absolute atomic E-state index is 5.66. The van der Waals surface area contributed by atoms with Crippen LogP contribution in [0.5, 0.6) is 0 Å². The first-order valence-corrected chi connectivity index (χ1v) is 6.73. The molecule has 0 aliphatic rings. The van der Waals surface area contributed by atoms with Crippen LogP contribution in [-0.4, -0.2) is 29.8 Å². The van der Waals surface area contributed by atoms with Crippen LogP contribution in [0.2, 0.25) is 0 Å². The molecular formula is C13H25N3O2. The Morgan fingerprint density at radius 1 is 1.33 bits per heavy atom. The lowest BCUT2D eigenvalue weighted by molar-refractivity contribution is 0.0217. The first-order chi connectivity index (χ1) is 8.62. The van der Waals surface area contributed by atoms with Crippen molar-refractivity contribution in [3.8, 4) is 0 Å². The molecule has 5 nitrogen and oxygen atoms in total. The SMILES string of the molecule is CCOC(c1noc(CC(CC)NC)n1)C(C)C. The molecule has 2 atom stereocenters. The number of hydrogen-bond acceptors (Lipinski definition) is 5. The second-order valence-electron chi connectivity index (χ2n) is 4.76. The van der Waals surface area contributed by atoms with Crippen molar-refractivity contribution in [3.05, 3.63) is 11.7 Å². The van der Waals surface area contributed by atoms with Gasteiger partial charge in [0.2, 0.25) is 11.7 Å². The van der Waals surface area contributed by atoms with Gasteiger partial charge < -0.3 is 14.6 Å². The Kier molecular flexibility index (Phi) is 6.29. The van der Waals surface area contributed by atoms with Crippen molar-refractivity contribution >= 4 is 0 Å². The molecule has 18 heavy (non-hydrogen) atoms. The molecule has 0 spiro atoms. The summed E-state index contributed by atoms with van der Waals surface area (Å²) in [6.07, 6.45) is 1.71. The Labute approximate surface area is 109 Å². The molecule has 1 aromatic heterocycles. The molecule has 1 rings (SSSR count). The Morgan fingerprint density at radius 3 is 2.56 bits per heavy atom. The molecule has 0 amide bonds. The molecule has 0 saturated carbocycles. The highest BCUT2D eigenvalue weighted by atomic mass is 16.5. The van der Waals surface area contributed by atoms with Gasteiger partial charge in [0, 0.05) is 19.1 Å². The van der Waals surface area contributed by atoms with Gasteiger partial charge >= 0.3 is 0 Å². The summed E-state index contributed by atoms with van der Waals surface area (Å²) in [4.78, 5) is 4.44. The van der Waals surface area contributed by atoms with Crippen molar-refractivity contribution in [1.29, 1.82) is 0 Å². The van der Waals surface area contributed by atoms with Crippen LogP contribution in [0.1, 0.15) is 51.9 Å². The third-order valence-electron chi connectivity index (χ3n) is 3.01. The van der Waals surface area contributed by atoms with E-state index in [9.17, 15) is 0 Å². The summed E-state index contributed by atoms with van der Waals surface area (Å²) in [5.74, 6) is 1.67. The van der Waals surface area contributed by atoms with Gasteiger partial charge in [-0.05, 0) is 26.3 Å². The van der Waals surface area contributed by atoms with Gasteiger partial charge in [-0.3, -0.25) is 0 Å². The fraction of sp³-hybridized carbons (Fsp3) is 0.846. The third-order valence-corrected chi connectivity index (χ3v) is 3.01. The van der Waals surface area contributed by atoms with Crippen LogP contribution in [0.15, 0.2) is 4.52 Å². The molecule has 0 aliphatic heterocycles. The maximum atomic E-state index is 5.66. The van der Waals surface area contributed by atoms with Crippen molar-refractivity contribution in [2.75, 3.05) is 13.7 Å². The van der Waals surface area contributed by atoms with Crippen molar-refractivity contribution in [3.63, 3.8) is 0 Å². The Morgan fingerprint density at radius 2 is 2.06 bits per heavy atom. The van der Waals surface area contributed by atoms with E-state index in [1.165, 1.54) is 0 Å². The minimum Gasteiger partial charge on any atom is -0.370 e. The van der Waals surface area contributed by atoms with E-state index in [0.717, 1.165) is 12.8 Å². The highest BCUT2D eigenvalue weighted by molar-refractivity contribution is 4.94. The van der Waals surface area contributed by atoms with Gasteiger partial charge in [-0.25, -0.2) is 0 Å². The number of nitrogens with one attached hydrogen (secondary N) is 1. The van der Waals surface area contributed by atoms with E-state index in [4.69, 9.17) is 9.26 Å². The molecule has 0 radical (unpaired) electrons. The summed E-state index contributed by atoms with van der Waals surface area (Å²) >= 11 is 0. The zero-order valence-corrected chi connectivity index (χ0v) is 12.1. The van der Waals surface area contributed by atoms with Crippen LogP contribution in [0.4, 0.5) is 0 Å². The third kappa shape index (κ3) is 4.07. The number of hydrogen-bond donors (Lipinski definition) is 1. The molecule has 1 heterocycles. The lowest BCUT2D eigenvalue weighted by atomic mass is 10.1. The van der Waals surface area contributed by atoms with Gasteiger partial charge in [0.15, 0.2) is 0 Å². The minimum atomic E-state index is -0.0813. The lowest BCUT2D eigenvalue weighted by Gasteiger charge is -2.16. The summed E-state index contributed by atoms with van der Waals surface area (Å²) in [6.45, 7) is 8.96. The van der Waals surface area contributed by atoms with Crippen LogP contribution in [0.3, 0.4) is 0 Å². The van der Waals surface area contributed by atoms with Crippen LogP contribution in [-0.2, 0) is 11.2 Å². The Balaban J connectivity index is 2.71. The molecule has 2 unspecified atom stereocenters. The Hall–Kier alpha value is -0.940. The minimum absolute atomic E-state index is 0.0813. The number of aromatic nitrogens is 2. The number of likely N-dealkylation sites (N-methyl/N-ethyl adjacent to an activating group) is 1. The first-order valence-electron chi connectivity index (χ1n) is 6.73. The lowest BCUT2D eigenvalue weighted by Crippen LogP contribution is -2.26. The molecule has 5 heteroatoms. The summed E-state index contributed by atoms with van der Waals surface area (Å²) < 4.78 is 11.0. The smallest absolute Gasteiger partial charge is 0.228 e. The number of nitrogens with zero attached hydrogens (tertiary/aromatic N) is 2. The van der Waals surface area contributed by atoms with Crippen LogP contribution >= 0.6 is 0 Å². The predicted molar refractivity (Wildman–Crippen MR) is 70.3 cm³/mol. The van der Waals surface area contributed by atoms with E-state index in [-0.39, 0.29) is 6.10 Å². The van der Waals surface area contributed by atoms with Crippen LogP contribution < -0.4 is 5.32 Å². The van der Waals surface area contributed by atoms with Gasteiger partial charge in [0.1, 0.15) is 6.10 Å². The van der Waals surface area contributed by atoms with Gasteiger partial charge in [-0.2, -0.15) is 4.98 Å². The summed E-state index contributed by atoms with van der Waals surface area (Å²) in [5.41, 5.74) is 0. The first kappa shape index (κ1) is 15.1. The van der Waals surface area contributed by atoms with E-state index in [0.29, 0.717) is 30.3 Å². The molecule has 104 valence electrons. The summed E-state index contributed by atoms with van der Waals surface area (Å²) in [6, 6.07) is 0.378. The summed E-state index contributed by atoms with van der Waals surface area (Å²) in [7, 11) is 1.95. The average Bonchev–Trinajstić information content (AvgIpc) is 2.80. The van der Waals surface area contributed by atoms with Crippen molar-refractivity contribution in [2.24, 2.45) is 5.92 Å². The molecule has 0 aliphatic carbocycles. The standard InChI is InChI=1S/C13H25N3O2/c1-6-10(14-5)8-11-15-13(16-18-11)12(9(3)4)17-7-2/h9-10,12,14H,6-8H2,1-5H3. The number of rotatable bonds is 8. The molecule has 0 aromatic carbocycles. The quantitative estimate of drug-likeness (QED) is 0.772. The van der Waals surface area contributed by atoms with E-state index in [2.05, 4.69) is 36.2 Å². The molecule has 0 bridgehead atoms. The second kappa shape index (κ2) is 7.48. The highest BCUT2D eigenvalue weighted by Gasteiger charge is 2.22. The average molecular weight is 255 g/mol.